The van der Waals surface area contributed by atoms with Crippen molar-refractivity contribution in [2.75, 3.05) is 0 Å². The minimum atomic E-state index is 0.535. The molecule has 0 aliphatic carbocycles. The highest BCUT2D eigenvalue weighted by Crippen LogP contribution is 2.28. The Hall–Kier alpha value is -1.75. The quantitative estimate of drug-likeness (QED) is 0.538. The predicted octanol–water partition coefficient (Wildman–Crippen LogP) is 5.37. The number of halogens is 2. The van der Waals surface area contributed by atoms with Gasteiger partial charge in [-0.1, -0.05) is 59.1 Å². The summed E-state index contributed by atoms with van der Waals surface area (Å²) < 4.78 is 0. The largest absolute Gasteiger partial charge is 0.192 e. The highest BCUT2D eigenvalue weighted by Gasteiger charge is 2.06. The van der Waals surface area contributed by atoms with E-state index in [1.807, 2.05) is 31.2 Å². The second-order valence-corrected chi connectivity index (χ2v) is 4.99. The second kappa shape index (κ2) is 5.93. The molecule has 3 heteroatoms. The number of benzene rings is 2. The molecule has 0 fully saturated rings. The number of nitrogens with zero attached hydrogens (tertiary/aromatic N) is 1. The van der Waals surface area contributed by atoms with E-state index in [2.05, 4.69) is 6.07 Å². The topological polar surface area (TPSA) is 23.8 Å². The Kier molecular flexibility index (Phi) is 4.27. The van der Waals surface area contributed by atoms with Crippen molar-refractivity contribution in [3.05, 3.63) is 69.2 Å². The highest BCUT2D eigenvalue weighted by atomic mass is 35.5. The molecule has 94 valence electrons. The third-order valence-corrected chi connectivity index (χ3v) is 3.43. The number of allylic oxidation sites excluding steroid dienone is 1. The Morgan fingerprint density at radius 3 is 2.16 bits per heavy atom. The van der Waals surface area contributed by atoms with Crippen LogP contribution in [0.4, 0.5) is 0 Å². The van der Waals surface area contributed by atoms with Crippen LogP contribution in [-0.4, -0.2) is 0 Å². The van der Waals surface area contributed by atoms with Crippen molar-refractivity contribution in [2.24, 2.45) is 0 Å². The molecule has 0 unspecified atom stereocenters. The summed E-state index contributed by atoms with van der Waals surface area (Å²) in [5.41, 5.74) is 3.21. The zero-order valence-corrected chi connectivity index (χ0v) is 11.8. The first kappa shape index (κ1) is 13.7. The summed E-state index contributed by atoms with van der Waals surface area (Å²) in [5, 5.41) is 10.4. The third kappa shape index (κ3) is 3.17. The Morgan fingerprint density at radius 1 is 1.05 bits per heavy atom. The molecule has 2 rings (SSSR count). The van der Waals surface area contributed by atoms with Gasteiger partial charge < -0.3 is 0 Å². The molecule has 2 aromatic carbocycles. The number of hydrogen-bond donors (Lipinski definition) is 0. The van der Waals surface area contributed by atoms with Gasteiger partial charge >= 0.3 is 0 Å². The zero-order chi connectivity index (χ0) is 13.8. The van der Waals surface area contributed by atoms with E-state index in [1.54, 1.807) is 24.3 Å². The van der Waals surface area contributed by atoms with Gasteiger partial charge in [-0.3, -0.25) is 0 Å². The molecule has 0 bridgehead atoms. The van der Waals surface area contributed by atoms with Gasteiger partial charge in [-0.15, -0.1) is 0 Å². The summed E-state index contributed by atoms with van der Waals surface area (Å²) in [6.45, 7) is 2.00. The summed E-state index contributed by atoms with van der Waals surface area (Å²) in [6, 6.07) is 15.2. The van der Waals surface area contributed by atoms with Crippen molar-refractivity contribution in [1.82, 2.24) is 0 Å². The van der Waals surface area contributed by atoms with Crippen LogP contribution in [0.1, 0.15) is 16.7 Å². The van der Waals surface area contributed by atoms with E-state index >= 15 is 0 Å². The zero-order valence-electron chi connectivity index (χ0n) is 10.3. The van der Waals surface area contributed by atoms with Crippen LogP contribution in [-0.2, 0) is 0 Å². The number of rotatable bonds is 2. The summed E-state index contributed by atoms with van der Waals surface area (Å²) in [7, 11) is 0. The summed E-state index contributed by atoms with van der Waals surface area (Å²) in [6.07, 6.45) is 1.72. The number of hydrogen-bond acceptors (Lipinski definition) is 1. The molecule has 0 radical (unpaired) electrons. The van der Waals surface area contributed by atoms with Crippen molar-refractivity contribution in [2.45, 2.75) is 6.92 Å². The molecule has 19 heavy (non-hydrogen) atoms. The molecule has 0 aliphatic rings. The minimum absolute atomic E-state index is 0.535. The minimum Gasteiger partial charge on any atom is -0.192 e. The van der Waals surface area contributed by atoms with Crippen LogP contribution in [0, 0.1) is 18.3 Å². The van der Waals surface area contributed by atoms with Crippen LogP contribution in [0.5, 0.6) is 0 Å². The average molecular weight is 288 g/mol. The van der Waals surface area contributed by atoms with Crippen LogP contribution < -0.4 is 0 Å². The van der Waals surface area contributed by atoms with E-state index in [9.17, 15) is 5.26 Å². The normalized spacial score (nSPS) is 11.2. The lowest BCUT2D eigenvalue weighted by atomic mass is 10.0. The smallest absolute Gasteiger partial charge is 0.0998 e. The SMILES string of the molecule is Cc1ccc(/C(C#N)=C/c2c(Cl)cccc2Cl)cc1. The van der Waals surface area contributed by atoms with Crippen LogP contribution in [0.25, 0.3) is 11.6 Å². The number of aryl methyl sites for hydroxylation is 1. The molecule has 0 N–H and O–H groups in total. The molecular weight excluding hydrogens is 277 g/mol. The van der Waals surface area contributed by atoms with Gasteiger partial charge in [0.2, 0.25) is 0 Å². The van der Waals surface area contributed by atoms with Gasteiger partial charge in [-0.2, -0.15) is 5.26 Å². The average Bonchev–Trinajstić information content (AvgIpc) is 2.40. The molecule has 0 aromatic heterocycles. The van der Waals surface area contributed by atoms with Crippen molar-refractivity contribution >= 4 is 34.9 Å². The Labute approximate surface area is 122 Å². The maximum atomic E-state index is 9.29. The van der Waals surface area contributed by atoms with Crippen molar-refractivity contribution in [1.29, 1.82) is 5.26 Å². The van der Waals surface area contributed by atoms with E-state index in [-0.39, 0.29) is 0 Å². The maximum Gasteiger partial charge on any atom is 0.0998 e. The van der Waals surface area contributed by atoms with Crippen molar-refractivity contribution < 1.29 is 0 Å². The van der Waals surface area contributed by atoms with Gasteiger partial charge in [-0.25, -0.2) is 0 Å². The molecule has 0 heterocycles. The van der Waals surface area contributed by atoms with E-state index in [0.717, 1.165) is 11.1 Å². The van der Waals surface area contributed by atoms with Gasteiger partial charge in [0.15, 0.2) is 0 Å². The predicted molar refractivity (Wildman–Crippen MR) is 81.1 cm³/mol. The van der Waals surface area contributed by atoms with Gasteiger partial charge in [0.05, 0.1) is 11.6 Å². The number of nitriles is 1. The monoisotopic (exact) mass is 287 g/mol. The van der Waals surface area contributed by atoms with E-state index in [0.29, 0.717) is 21.2 Å². The summed E-state index contributed by atoms with van der Waals surface area (Å²) in [5.74, 6) is 0. The molecule has 0 amide bonds. The maximum absolute atomic E-state index is 9.29. The van der Waals surface area contributed by atoms with E-state index in [4.69, 9.17) is 23.2 Å². The molecule has 0 aliphatic heterocycles. The highest BCUT2D eigenvalue weighted by molar-refractivity contribution is 6.37. The fourth-order valence-electron chi connectivity index (χ4n) is 1.71. The van der Waals surface area contributed by atoms with Crippen LogP contribution >= 0.6 is 23.2 Å². The van der Waals surface area contributed by atoms with Crippen LogP contribution in [0.3, 0.4) is 0 Å². The molecule has 0 saturated heterocycles. The Morgan fingerprint density at radius 2 is 1.63 bits per heavy atom. The first-order chi connectivity index (χ1) is 9.11. The molecule has 2 aromatic rings. The Balaban J connectivity index is 2.51. The van der Waals surface area contributed by atoms with Gasteiger partial charge in [0.25, 0.3) is 0 Å². The van der Waals surface area contributed by atoms with Crippen LogP contribution in [0.15, 0.2) is 42.5 Å². The third-order valence-electron chi connectivity index (χ3n) is 2.77. The molecule has 0 atom stereocenters. The lowest BCUT2D eigenvalue weighted by Crippen LogP contribution is -1.84. The molecule has 1 nitrogen and oxygen atoms in total. The van der Waals surface area contributed by atoms with E-state index < -0.39 is 0 Å². The van der Waals surface area contributed by atoms with Crippen LogP contribution in [0.2, 0.25) is 10.0 Å². The lowest BCUT2D eigenvalue weighted by Gasteiger charge is -2.04. The first-order valence-corrected chi connectivity index (χ1v) is 6.50. The summed E-state index contributed by atoms with van der Waals surface area (Å²) in [4.78, 5) is 0. The van der Waals surface area contributed by atoms with Gasteiger partial charge in [0, 0.05) is 15.6 Å². The fourth-order valence-corrected chi connectivity index (χ4v) is 2.21. The lowest BCUT2D eigenvalue weighted by molar-refractivity contribution is 1.45. The summed E-state index contributed by atoms with van der Waals surface area (Å²) >= 11 is 12.2. The fraction of sp³-hybridized carbons (Fsp3) is 0.0625. The van der Waals surface area contributed by atoms with Gasteiger partial charge in [-0.05, 0) is 30.7 Å². The molecular formula is C16H11Cl2N. The first-order valence-electron chi connectivity index (χ1n) is 5.74. The Bertz CT molecular complexity index is 644. The van der Waals surface area contributed by atoms with E-state index in [1.165, 1.54) is 0 Å². The second-order valence-electron chi connectivity index (χ2n) is 4.17. The van der Waals surface area contributed by atoms with Crippen molar-refractivity contribution in [3.63, 3.8) is 0 Å². The standard InChI is InChI=1S/C16H11Cl2N/c1-11-5-7-12(8-6-11)13(10-19)9-14-15(17)3-2-4-16(14)18/h2-9H,1H3/b13-9+. The van der Waals surface area contributed by atoms with Gasteiger partial charge in [0.1, 0.15) is 0 Å². The molecule has 0 spiro atoms. The van der Waals surface area contributed by atoms with Crippen molar-refractivity contribution in [3.8, 4) is 6.07 Å². The molecule has 0 saturated carbocycles.